The molecule has 1 heterocycles. The van der Waals surface area contributed by atoms with Crippen molar-refractivity contribution in [1.82, 2.24) is 5.43 Å². The molecule has 1 unspecified atom stereocenters. The molecule has 27 heavy (non-hydrogen) atoms. The minimum Gasteiger partial charge on any atom is -0.320 e. The van der Waals surface area contributed by atoms with Gasteiger partial charge in [-0.05, 0) is 70.5 Å². The lowest BCUT2D eigenvalue weighted by Gasteiger charge is -2.18. The Bertz CT molecular complexity index is 1030. The predicted octanol–water partition coefficient (Wildman–Crippen LogP) is 6.11. The molecule has 2 heteroatoms. The zero-order valence-corrected chi connectivity index (χ0v) is 15.2. The molecule has 2 aliphatic rings. The van der Waals surface area contributed by atoms with Crippen molar-refractivity contribution in [3.8, 4) is 11.1 Å². The van der Waals surface area contributed by atoms with Gasteiger partial charge in [-0.1, -0.05) is 66.8 Å². The molecule has 0 spiro atoms. The normalized spacial score (nSPS) is 17.9. The fourth-order valence-electron chi connectivity index (χ4n) is 4.00. The summed E-state index contributed by atoms with van der Waals surface area (Å²) in [6, 6.07) is 26.3. The van der Waals surface area contributed by atoms with Gasteiger partial charge in [-0.3, -0.25) is 0 Å². The van der Waals surface area contributed by atoms with Gasteiger partial charge < -0.3 is 5.43 Å². The van der Waals surface area contributed by atoms with Crippen molar-refractivity contribution in [3.63, 3.8) is 0 Å². The smallest absolute Gasteiger partial charge is 0.0780 e. The van der Waals surface area contributed by atoms with Crippen LogP contribution in [0.3, 0.4) is 0 Å². The summed E-state index contributed by atoms with van der Waals surface area (Å²) in [4.78, 5) is 0. The average molecular weight is 350 g/mol. The van der Waals surface area contributed by atoms with Crippen molar-refractivity contribution >= 4 is 11.3 Å². The molecule has 2 nitrogen and oxygen atoms in total. The lowest BCUT2D eigenvalue weighted by Crippen LogP contribution is -2.19. The lowest BCUT2D eigenvalue weighted by atomic mass is 9.89. The topological polar surface area (TPSA) is 24.1 Å². The number of hydrazine groups is 1. The molecule has 5 rings (SSSR count). The van der Waals surface area contributed by atoms with E-state index in [0.29, 0.717) is 0 Å². The highest BCUT2D eigenvalue weighted by Gasteiger charge is 2.24. The van der Waals surface area contributed by atoms with E-state index in [9.17, 15) is 0 Å². The van der Waals surface area contributed by atoms with Gasteiger partial charge in [0, 0.05) is 0 Å². The molecule has 3 aromatic rings. The first-order valence-electron chi connectivity index (χ1n) is 9.55. The zero-order valence-electron chi connectivity index (χ0n) is 15.2. The number of nitrogens with one attached hydrogen (secondary N) is 2. The van der Waals surface area contributed by atoms with Gasteiger partial charge in [0.2, 0.25) is 0 Å². The number of allylic oxidation sites excluding steroid dienone is 4. The Hall–Kier alpha value is -3.10. The van der Waals surface area contributed by atoms with Crippen LogP contribution in [0.4, 0.5) is 5.69 Å². The highest BCUT2D eigenvalue weighted by Crippen LogP contribution is 2.37. The molecular formula is C25H22N2. The van der Waals surface area contributed by atoms with E-state index in [-0.39, 0.29) is 6.04 Å². The van der Waals surface area contributed by atoms with Gasteiger partial charge in [-0.25, -0.2) is 5.43 Å². The number of hydrogen-bond acceptors (Lipinski definition) is 2. The second kappa shape index (κ2) is 6.90. The summed E-state index contributed by atoms with van der Waals surface area (Å²) < 4.78 is 0. The fraction of sp³-hybridized carbons (Fsp3) is 0.120. The molecular weight excluding hydrogens is 328 g/mol. The summed E-state index contributed by atoms with van der Waals surface area (Å²) in [6.45, 7) is 0. The molecule has 132 valence electrons. The van der Waals surface area contributed by atoms with Crippen LogP contribution in [0.15, 0.2) is 91.0 Å². The monoisotopic (exact) mass is 350 g/mol. The highest BCUT2D eigenvalue weighted by molar-refractivity contribution is 5.76. The Morgan fingerprint density at radius 3 is 2.44 bits per heavy atom. The fourth-order valence-corrected chi connectivity index (χ4v) is 4.00. The van der Waals surface area contributed by atoms with Crippen molar-refractivity contribution in [2.75, 3.05) is 5.43 Å². The number of hydrogen-bond donors (Lipinski definition) is 2. The first-order valence-corrected chi connectivity index (χ1v) is 9.55. The van der Waals surface area contributed by atoms with Crippen molar-refractivity contribution in [1.29, 1.82) is 0 Å². The van der Waals surface area contributed by atoms with Crippen LogP contribution in [0.5, 0.6) is 0 Å². The maximum atomic E-state index is 3.46. The lowest BCUT2D eigenvalue weighted by molar-refractivity contribution is 0.728. The molecule has 0 bridgehead atoms. The van der Waals surface area contributed by atoms with Gasteiger partial charge in [0.05, 0.1) is 11.7 Å². The van der Waals surface area contributed by atoms with Gasteiger partial charge in [-0.15, -0.1) is 0 Å². The van der Waals surface area contributed by atoms with E-state index in [1.807, 2.05) is 0 Å². The third-order valence-corrected chi connectivity index (χ3v) is 5.40. The van der Waals surface area contributed by atoms with E-state index in [1.54, 1.807) is 0 Å². The zero-order chi connectivity index (χ0) is 18.1. The van der Waals surface area contributed by atoms with Gasteiger partial charge in [-0.2, -0.15) is 0 Å². The third-order valence-electron chi connectivity index (χ3n) is 5.40. The Morgan fingerprint density at radius 2 is 1.59 bits per heavy atom. The van der Waals surface area contributed by atoms with Crippen LogP contribution < -0.4 is 10.9 Å². The molecule has 1 aliphatic heterocycles. The predicted molar refractivity (Wildman–Crippen MR) is 113 cm³/mol. The van der Waals surface area contributed by atoms with E-state index in [1.165, 1.54) is 33.4 Å². The summed E-state index contributed by atoms with van der Waals surface area (Å²) >= 11 is 0. The number of anilines is 1. The van der Waals surface area contributed by atoms with Crippen LogP contribution in [0.1, 0.15) is 35.6 Å². The van der Waals surface area contributed by atoms with E-state index >= 15 is 0 Å². The maximum Gasteiger partial charge on any atom is 0.0780 e. The second-order valence-corrected chi connectivity index (χ2v) is 7.16. The van der Waals surface area contributed by atoms with Crippen LogP contribution in [-0.2, 0) is 0 Å². The van der Waals surface area contributed by atoms with Gasteiger partial charge in [0.15, 0.2) is 0 Å². The summed E-state index contributed by atoms with van der Waals surface area (Å²) in [5, 5.41) is 0. The van der Waals surface area contributed by atoms with Gasteiger partial charge in [0.25, 0.3) is 0 Å². The number of fused-ring (bicyclic) bond motifs is 1. The van der Waals surface area contributed by atoms with Crippen LogP contribution in [-0.4, -0.2) is 0 Å². The molecule has 0 radical (unpaired) electrons. The number of rotatable bonds is 3. The molecule has 0 fully saturated rings. The third kappa shape index (κ3) is 3.09. The summed E-state index contributed by atoms with van der Waals surface area (Å²) in [5.41, 5.74) is 15.8. The molecule has 0 amide bonds. The van der Waals surface area contributed by atoms with E-state index in [0.717, 1.165) is 18.5 Å². The molecule has 1 atom stereocenters. The molecule has 0 saturated heterocycles. The van der Waals surface area contributed by atoms with E-state index in [4.69, 9.17) is 0 Å². The summed E-state index contributed by atoms with van der Waals surface area (Å²) in [7, 11) is 0. The van der Waals surface area contributed by atoms with Crippen LogP contribution in [0, 0.1) is 0 Å². The molecule has 0 saturated carbocycles. The van der Waals surface area contributed by atoms with E-state index < -0.39 is 0 Å². The Balaban J connectivity index is 1.65. The van der Waals surface area contributed by atoms with Crippen molar-refractivity contribution < 1.29 is 0 Å². The Labute approximate surface area is 160 Å². The molecule has 0 aromatic heterocycles. The number of benzene rings is 3. The van der Waals surface area contributed by atoms with Crippen molar-refractivity contribution in [3.05, 3.63) is 108 Å². The second-order valence-electron chi connectivity index (χ2n) is 7.16. The minimum absolute atomic E-state index is 0.156. The SMILES string of the molecule is C1=CCCC(c2cc(-c3ccccc3)cc(C3NNc4ccccc43)c2)=C1. The van der Waals surface area contributed by atoms with Gasteiger partial charge in [0.1, 0.15) is 0 Å². The van der Waals surface area contributed by atoms with Crippen LogP contribution in [0.2, 0.25) is 0 Å². The number of para-hydroxylation sites is 1. The van der Waals surface area contributed by atoms with Crippen molar-refractivity contribution in [2.45, 2.75) is 18.9 Å². The summed E-state index contributed by atoms with van der Waals surface area (Å²) in [5.74, 6) is 0. The minimum atomic E-state index is 0.156. The molecule has 1 aliphatic carbocycles. The van der Waals surface area contributed by atoms with E-state index in [2.05, 4.69) is 102 Å². The van der Waals surface area contributed by atoms with Crippen LogP contribution >= 0.6 is 0 Å². The Kier molecular flexibility index (Phi) is 4.11. The maximum absolute atomic E-state index is 3.46. The first-order chi connectivity index (χ1) is 13.4. The summed E-state index contributed by atoms with van der Waals surface area (Å²) in [6.07, 6.45) is 8.89. The van der Waals surface area contributed by atoms with Gasteiger partial charge >= 0.3 is 0 Å². The Morgan fingerprint density at radius 1 is 0.778 bits per heavy atom. The highest BCUT2D eigenvalue weighted by atomic mass is 15.4. The molecule has 3 aromatic carbocycles. The van der Waals surface area contributed by atoms with Crippen LogP contribution in [0.25, 0.3) is 16.7 Å². The van der Waals surface area contributed by atoms with Crippen molar-refractivity contribution in [2.24, 2.45) is 0 Å². The standard InChI is InChI=1S/C25H22N2/c1-3-9-18(10-4-1)20-15-21(19-11-5-2-6-12-19)17-22(16-20)25-23-13-7-8-14-24(23)26-27-25/h1-5,7-11,13-17,25-27H,6,12H2. The largest absolute Gasteiger partial charge is 0.320 e. The quantitative estimate of drug-likeness (QED) is 0.596. The first kappa shape index (κ1) is 16.1. The molecule has 2 N–H and O–H groups in total. The average Bonchev–Trinajstić information content (AvgIpc) is 3.19.